The Balaban J connectivity index is 2.78. The number of rotatable bonds is 3. The second-order valence-electron chi connectivity index (χ2n) is 2.69. The van der Waals surface area contributed by atoms with Gasteiger partial charge in [-0.3, -0.25) is 4.98 Å². The molecule has 12 heavy (non-hydrogen) atoms. The van der Waals surface area contributed by atoms with E-state index in [2.05, 4.69) is 40.1 Å². The monoisotopic (exact) mass is 228 g/mol. The molecular weight excluding hydrogens is 216 g/mol. The summed E-state index contributed by atoms with van der Waals surface area (Å²) >= 11 is 3.45. The maximum atomic E-state index is 4.11. The average Bonchev–Trinajstić information content (AvgIpc) is 2.08. The van der Waals surface area contributed by atoms with Gasteiger partial charge in [0.05, 0.1) is 0 Å². The van der Waals surface area contributed by atoms with Crippen LogP contribution in [0.3, 0.4) is 0 Å². The minimum absolute atomic E-state index is 0.898. The predicted octanol–water partition coefficient (Wildman–Crippen LogP) is 2.26. The Morgan fingerprint density at radius 1 is 1.50 bits per heavy atom. The fourth-order valence-corrected chi connectivity index (χ4v) is 1.35. The Labute approximate surface area is 81.5 Å². The van der Waals surface area contributed by atoms with E-state index in [0.29, 0.717) is 0 Å². The molecule has 1 rings (SSSR count). The highest BCUT2D eigenvalue weighted by Gasteiger charge is 2.00. The smallest absolute Gasteiger partial charge is 0.0413 e. The second-order valence-corrected chi connectivity index (χ2v) is 3.54. The Morgan fingerprint density at radius 3 is 2.92 bits per heavy atom. The van der Waals surface area contributed by atoms with E-state index < -0.39 is 0 Å². The first-order valence-corrected chi connectivity index (χ1v) is 4.84. The zero-order valence-corrected chi connectivity index (χ0v) is 8.98. The van der Waals surface area contributed by atoms with E-state index in [1.165, 1.54) is 11.1 Å². The summed E-state index contributed by atoms with van der Waals surface area (Å²) < 4.78 is 1.08. The van der Waals surface area contributed by atoms with Crippen LogP contribution in [0.2, 0.25) is 0 Å². The molecule has 1 aromatic rings. The topological polar surface area (TPSA) is 24.9 Å². The van der Waals surface area contributed by atoms with Crippen molar-refractivity contribution in [1.29, 1.82) is 0 Å². The molecule has 0 aliphatic carbocycles. The van der Waals surface area contributed by atoms with Crippen molar-refractivity contribution in [2.24, 2.45) is 0 Å². The largest absolute Gasteiger partial charge is 0.313 e. The molecule has 0 saturated heterocycles. The van der Waals surface area contributed by atoms with Crippen molar-refractivity contribution in [1.82, 2.24) is 10.3 Å². The van der Waals surface area contributed by atoms with Crippen molar-refractivity contribution in [2.75, 3.05) is 6.54 Å². The Hall–Kier alpha value is -0.410. The molecule has 66 valence electrons. The molecule has 0 amide bonds. The number of nitrogens with one attached hydrogen (secondary N) is 1. The van der Waals surface area contributed by atoms with Crippen LogP contribution in [0.4, 0.5) is 0 Å². The van der Waals surface area contributed by atoms with Crippen LogP contribution in [0.25, 0.3) is 0 Å². The van der Waals surface area contributed by atoms with Gasteiger partial charge in [-0.2, -0.15) is 0 Å². The fraction of sp³-hybridized carbons (Fsp3) is 0.444. The summed E-state index contributed by atoms with van der Waals surface area (Å²) in [5.74, 6) is 0. The van der Waals surface area contributed by atoms with Gasteiger partial charge >= 0.3 is 0 Å². The molecule has 1 aromatic heterocycles. The first kappa shape index (κ1) is 9.68. The summed E-state index contributed by atoms with van der Waals surface area (Å²) in [4.78, 5) is 4.11. The van der Waals surface area contributed by atoms with Crippen molar-refractivity contribution in [3.05, 3.63) is 28.0 Å². The molecule has 0 saturated carbocycles. The van der Waals surface area contributed by atoms with Crippen molar-refractivity contribution >= 4 is 15.9 Å². The molecule has 0 spiro atoms. The molecular formula is C9H13BrN2. The van der Waals surface area contributed by atoms with Gasteiger partial charge in [-0.25, -0.2) is 0 Å². The number of pyridine rings is 1. The van der Waals surface area contributed by atoms with Gasteiger partial charge in [0, 0.05) is 23.4 Å². The lowest BCUT2D eigenvalue weighted by atomic mass is 10.1. The van der Waals surface area contributed by atoms with Crippen LogP contribution in [0.15, 0.2) is 16.9 Å². The first-order valence-electron chi connectivity index (χ1n) is 4.05. The molecule has 0 atom stereocenters. The third-order valence-electron chi connectivity index (χ3n) is 1.82. The van der Waals surface area contributed by atoms with E-state index in [1.807, 2.05) is 12.4 Å². The molecule has 1 heterocycles. The summed E-state index contributed by atoms with van der Waals surface area (Å²) in [7, 11) is 0. The standard InChI is InChI=1S/C9H13BrN2/c1-3-11-4-8-5-12-6-9(10)7(8)2/h5-6,11H,3-4H2,1-2H3. The minimum atomic E-state index is 0.898. The van der Waals surface area contributed by atoms with Crippen LogP contribution >= 0.6 is 15.9 Å². The minimum Gasteiger partial charge on any atom is -0.313 e. The van der Waals surface area contributed by atoms with Crippen LogP contribution < -0.4 is 5.32 Å². The van der Waals surface area contributed by atoms with Crippen LogP contribution in [0.1, 0.15) is 18.1 Å². The highest BCUT2D eigenvalue weighted by atomic mass is 79.9. The average molecular weight is 229 g/mol. The highest BCUT2D eigenvalue weighted by molar-refractivity contribution is 9.10. The predicted molar refractivity (Wildman–Crippen MR) is 54.1 cm³/mol. The van der Waals surface area contributed by atoms with Gasteiger partial charge in [-0.15, -0.1) is 0 Å². The molecule has 2 nitrogen and oxygen atoms in total. The number of nitrogens with zero attached hydrogens (tertiary/aromatic N) is 1. The zero-order valence-electron chi connectivity index (χ0n) is 7.39. The molecule has 0 fully saturated rings. The summed E-state index contributed by atoms with van der Waals surface area (Å²) in [6.45, 7) is 6.08. The van der Waals surface area contributed by atoms with Gasteiger partial charge in [0.15, 0.2) is 0 Å². The highest BCUT2D eigenvalue weighted by Crippen LogP contribution is 2.17. The van der Waals surface area contributed by atoms with E-state index in [4.69, 9.17) is 0 Å². The maximum Gasteiger partial charge on any atom is 0.0413 e. The van der Waals surface area contributed by atoms with E-state index in [0.717, 1.165) is 17.6 Å². The Morgan fingerprint density at radius 2 is 2.25 bits per heavy atom. The molecule has 3 heteroatoms. The van der Waals surface area contributed by atoms with E-state index in [-0.39, 0.29) is 0 Å². The zero-order chi connectivity index (χ0) is 8.97. The summed E-state index contributed by atoms with van der Waals surface area (Å²) in [5, 5.41) is 3.27. The maximum absolute atomic E-state index is 4.11. The van der Waals surface area contributed by atoms with Crippen LogP contribution in [-0.4, -0.2) is 11.5 Å². The molecule has 0 aromatic carbocycles. The Bertz CT molecular complexity index is 261. The first-order chi connectivity index (χ1) is 5.75. The van der Waals surface area contributed by atoms with Crippen molar-refractivity contribution in [2.45, 2.75) is 20.4 Å². The van der Waals surface area contributed by atoms with Gasteiger partial charge < -0.3 is 5.32 Å². The fourth-order valence-electron chi connectivity index (χ4n) is 0.978. The van der Waals surface area contributed by atoms with Gasteiger partial charge in [0.1, 0.15) is 0 Å². The van der Waals surface area contributed by atoms with Gasteiger partial charge in [-0.1, -0.05) is 6.92 Å². The number of halogens is 1. The molecule has 0 unspecified atom stereocenters. The summed E-state index contributed by atoms with van der Waals surface area (Å²) in [6, 6.07) is 0. The van der Waals surface area contributed by atoms with Crippen molar-refractivity contribution < 1.29 is 0 Å². The second kappa shape index (κ2) is 4.58. The van der Waals surface area contributed by atoms with Crippen molar-refractivity contribution in [3.63, 3.8) is 0 Å². The van der Waals surface area contributed by atoms with E-state index >= 15 is 0 Å². The normalized spacial score (nSPS) is 10.2. The van der Waals surface area contributed by atoms with E-state index in [1.54, 1.807) is 0 Å². The number of hydrogen-bond acceptors (Lipinski definition) is 2. The van der Waals surface area contributed by atoms with Gasteiger partial charge in [0.2, 0.25) is 0 Å². The Kier molecular flexibility index (Phi) is 3.69. The molecule has 0 aliphatic rings. The lowest BCUT2D eigenvalue weighted by molar-refractivity contribution is 0.720. The summed E-state index contributed by atoms with van der Waals surface area (Å²) in [6.07, 6.45) is 3.73. The van der Waals surface area contributed by atoms with Crippen LogP contribution in [0.5, 0.6) is 0 Å². The lowest BCUT2D eigenvalue weighted by Crippen LogP contribution is -2.12. The van der Waals surface area contributed by atoms with Gasteiger partial charge in [-0.05, 0) is 40.5 Å². The molecule has 0 radical (unpaired) electrons. The summed E-state index contributed by atoms with van der Waals surface area (Å²) in [5.41, 5.74) is 2.53. The van der Waals surface area contributed by atoms with E-state index in [9.17, 15) is 0 Å². The SMILES string of the molecule is CCNCc1cncc(Br)c1C. The quantitative estimate of drug-likeness (QED) is 0.859. The van der Waals surface area contributed by atoms with Gasteiger partial charge in [0.25, 0.3) is 0 Å². The third kappa shape index (κ3) is 2.29. The molecule has 1 N–H and O–H groups in total. The number of aromatic nitrogens is 1. The number of hydrogen-bond donors (Lipinski definition) is 1. The lowest BCUT2D eigenvalue weighted by Gasteiger charge is -2.06. The molecule has 0 bridgehead atoms. The third-order valence-corrected chi connectivity index (χ3v) is 2.62. The van der Waals surface area contributed by atoms with Crippen LogP contribution in [0, 0.1) is 6.92 Å². The molecule has 0 aliphatic heterocycles. The van der Waals surface area contributed by atoms with Crippen molar-refractivity contribution in [3.8, 4) is 0 Å². The van der Waals surface area contributed by atoms with Crippen LogP contribution in [-0.2, 0) is 6.54 Å².